The van der Waals surface area contributed by atoms with E-state index in [9.17, 15) is 8.42 Å². The summed E-state index contributed by atoms with van der Waals surface area (Å²) >= 11 is 0. The summed E-state index contributed by atoms with van der Waals surface area (Å²) in [4.78, 5) is 3.73. The van der Waals surface area contributed by atoms with Gasteiger partial charge >= 0.3 is 0 Å². The standard InChI is InChI=1S/C20H22N2O2S/c1-14-7-8-20(15(2)11-14)25(23,24)22-10-9-16(13-22)18-12-21-19-6-4-3-5-17(18)19/h3-8,11-12,16,21H,9-10,13H2,1-2H3. The van der Waals surface area contributed by atoms with Crippen molar-refractivity contribution in [3.8, 4) is 0 Å². The average Bonchev–Trinajstić information content (AvgIpc) is 3.21. The number of hydrogen-bond donors (Lipinski definition) is 1. The molecular weight excluding hydrogens is 332 g/mol. The Hall–Kier alpha value is -2.11. The first-order valence-corrected chi connectivity index (χ1v) is 10.0. The van der Waals surface area contributed by atoms with Gasteiger partial charge in [0.25, 0.3) is 0 Å². The zero-order valence-electron chi connectivity index (χ0n) is 14.5. The van der Waals surface area contributed by atoms with Gasteiger partial charge in [-0.05, 0) is 43.5 Å². The van der Waals surface area contributed by atoms with Gasteiger partial charge in [-0.3, -0.25) is 0 Å². The SMILES string of the molecule is Cc1ccc(S(=O)(=O)N2CCC(c3c[nH]c4ccccc34)C2)c(C)c1. The lowest BCUT2D eigenvalue weighted by Gasteiger charge is -2.18. The molecule has 0 spiro atoms. The minimum absolute atomic E-state index is 0.233. The van der Waals surface area contributed by atoms with Gasteiger partial charge in [-0.2, -0.15) is 4.31 Å². The summed E-state index contributed by atoms with van der Waals surface area (Å²) in [6.45, 7) is 4.96. The smallest absolute Gasteiger partial charge is 0.243 e. The maximum Gasteiger partial charge on any atom is 0.243 e. The van der Waals surface area contributed by atoms with Gasteiger partial charge in [0.15, 0.2) is 0 Å². The molecule has 4 nitrogen and oxygen atoms in total. The van der Waals surface area contributed by atoms with Crippen LogP contribution in [-0.2, 0) is 10.0 Å². The molecule has 3 aromatic rings. The fourth-order valence-electron chi connectivity index (χ4n) is 3.86. The lowest BCUT2D eigenvalue weighted by Crippen LogP contribution is -2.29. The van der Waals surface area contributed by atoms with Crippen molar-refractivity contribution in [2.24, 2.45) is 0 Å². The number of aryl methyl sites for hydroxylation is 2. The molecule has 4 rings (SSSR count). The second kappa shape index (κ2) is 6.00. The zero-order chi connectivity index (χ0) is 17.6. The normalized spacial score (nSPS) is 18.9. The largest absolute Gasteiger partial charge is 0.361 e. The molecule has 1 fully saturated rings. The highest BCUT2D eigenvalue weighted by atomic mass is 32.2. The van der Waals surface area contributed by atoms with Crippen molar-refractivity contribution < 1.29 is 8.42 Å². The van der Waals surface area contributed by atoms with Crippen LogP contribution in [0.5, 0.6) is 0 Å². The van der Waals surface area contributed by atoms with Crippen LogP contribution in [-0.4, -0.2) is 30.8 Å². The monoisotopic (exact) mass is 354 g/mol. The molecule has 1 aliphatic heterocycles. The summed E-state index contributed by atoms with van der Waals surface area (Å²) in [5.41, 5.74) is 4.21. The van der Waals surface area contributed by atoms with E-state index in [0.717, 1.165) is 23.1 Å². The first kappa shape index (κ1) is 16.4. The van der Waals surface area contributed by atoms with E-state index in [1.54, 1.807) is 10.4 Å². The van der Waals surface area contributed by atoms with Gasteiger partial charge in [0, 0.05) is 36.1 Å². The number of nitrogens with zero attached hydrogens (tertiary/aromatic N) is 1. The van der Waals surface area contributed by atoms with Gasteiger partial charge in [0.2, 0.25) is 10.0 Å². The summed E-state index contributed by atoms with van der Waals surface area (Å²) in [6, 6.07) is 13.7. The molecule has 1 unspecified atom stereocenters. The summed E-state index contributed by atoms with van der Waals surface area (Å²) in [5, 5.41) is 1.19. The molecule has 0 saturated carbocycles. The van der Waals surface area contributed by atoms with E-state index in [-0.39, 0.29) is 5.92 Å². The highest BCUT2D eigenvalue weighted by molar-refractivity contribution is 7.89. The average molecular weight is 354 g/mol. The first-order valence-electron chi connectivity index (χ1n) is 8.60. The topological polar surface area (TPSA) is 53.2 Å². The molecule has 1 saturated heterocycles. The van der Waals surface area contributed by atoms with E-state index < -0.39 is 10.0 Å². The van der Waals surface area contributed by atoms with Gasteiger partial charge in [0.05, 0.1) is 4.90 Å². The van der Waals surface area contributed by atoms with Crippen LogP contribution in [0.1, 0.15) is 29.0 Å². The molecule has 5 heteroatoms. The van der Waals surface area contributed by atoms with Crippen molar-refractivity contribution in [1.82, 2.24) is 9.29 Å². The van der Waals surface area contributed by atoms with E-state index in [0.29, 0.717) is 18.0 Å². The molecule has 1 aromatic heterocycles. The predicted octanol–water partition coefficient (Wildman–Crippen LogP) is 3.96. The van der Waals surface area contributed by atoms with Crippen LogP contribution in [0.15, 0.2) is 53.6 Å². The molecule has 25 heavy (non-hydrogen) atoms. The van der Waals surface area contributed by atoms with Crippen LogP contribution < -0.4 is 0 Å². The molecule has 1 aliphatic rings. The number of fused-ring (bicyclic) bond motifs is 1. The number of aromatic amines is 1. The van der Waals surface area contributed by atoms with Crippen LogP contribution in [0, 0.1) is 13.8 Å². The van der Waals surface area contributed by atoms with Crippen molar-refractivity contribution in [1.29, 1.82) is 0 Å². The lowest BCUT2D eigenvalue weighted by molar-refractivity contribution is 0.472. The maximum absolute atomic E-state index is 13.1. The van der Waals surface area contributed by atoms with Crippen molar-refractivity contribution >= 4 is 20.9 Å². The second-order valence-electron chi connectivity index (χ2n) is 6.91. The third kappa shape index (κ3) is 2.77. The highest BCUT2D eigenvalue weighted by Gasteiger charge is 2.34. The molecule has 1 atom stereocenters. The Morgan fingerprint density at radius 3 is 2.72 bits per heavy atom. The van der Waals surface area contributed by atoms with Gasteiger partial charge in [0.1, 0.15) is 0 Å². The molecule has 2 heterocycles. The second-order valence-corrected chi connectivity index (χ2v) is 8.81. The molecule has 0 aliphatic carbocycles. The Morgan fingerprint density at radius 2 is 1.92 bits per heavy atom. The summed E-state index contributed by atoms with van der Waals surface area (Å²) in [6.07, 6.45) is 2.88. The lowest BCUT2D eigenvalue weighted by atomic mass is 9.98. The maximum atomic E-state index is 13.1. The number of hydrogen-bond acceptors (Lipinski definition) is 2. The van der Waals surface area contributed by atoms with Crippen LogP contribution in [0.25, 0.3) is 10.9 Å². The minimum Gasteiger partial charge on any atom is -0.361 e. The highest BCUT2D eigenvalue weighted by Crippen LogP contribution is 2.35. The Labute approximate surface area is 148 Å². The molecule has 0 amide bonds. The van der Waals surface area contributed by atoms with Crippen LogP contribution in [0.2, 0.25) is 0 Å². The Bertz CT molecular complexity index is 1040. The van der Waals surface area contributed by atoms with Crippen LogP contribution >= 0.6 is 0 Å². The summed E-state index contributed by atoms with van der Waals surface area (Å²) < 4.78 is 27.8. The number of rotatable bonds is 3. The van der Waals surface area contributed by atoms with Gasteiger partial charge in [-0.1, -0.05) is 35.9 Å². The van der Waals surface area contributed by atoms with Crippen molar-refractivity contribution in [2.45, 2.75) is 31.1 Å². The van der Waals surface area contributed by atoms with E-state index in [1.807, 2.05) is 44.3 Å². The van der Waals surface area contributed by atoms with E-state index in [1.165, 1.54) is 10.9 Å². The first-order chi connectivity index (χ1) is 12.0. The summed E-state index contributed by atoms with van der Waals surface area (Å²) in [7, 11) is -3.44. The minimum atomic E-state index is -3.44. The molecule has 0 bridgehead atoms. The Morgan fingerprint density at radius 1 is 1.12 bits per heavy atom. The predicted molar refractivity (Wildman–Crippen MR) is 100 cm³/mol. The van der Waals surface area contributed by atoms with Crippen LogP contribution in [0.3, 0.4) is 0 Å². The fraction of sp³-hybridized carbons (Fsp3) is 0.300. The molecule has 1 N–H and O–H groups in total. The number of H-pyrrole nitrogens is 1. The van der Waals surface area contributed by atoms with Gasteiger partial charge in [-0.25, -0.2) is 8.42 Å². The van der Waals surface area contributed by atoms with E-state index >= 15 is 0 Å². The number of para-hydroxylation sites is 1. The molecule has 0 radical (unpaired) electrons. The number of aromatic nitrogens is 1. The van der Waals surface area contributed by atoms with E-state index in [4.69, 9.17) is 0 Å². The van der Waals surface area contributed by atoms with Gasteiger partial charge in [-0.15, -0.1) is 0 Å². The Balaban J connectivity index is 1.63. The van der Waals surface area contributed by atoms with Crippen molar-refractivity contribution in [3.63, 3.8) is 0 Å². The van der Waals surface area contributed by atoms with E-state index in [2.05, 4.69) is 17.1 Å². The van der Waals surface area contributed by atoms with Gasteiger partial charge < -0.3 is 4.98 Å². The number of benzene rings is 2. The summed E-state index contributed by atoms with van der Waals surface area (Å²) in [5.74, 6) is 0.233. The number of nitrogens with one attached hydrogen (secondary N) is 1. The Kier molecular flexibility index (Phi) is 3.93. The van der Waals surface area contributed by atoms with Crippen molar-refractivity contribution in [3.05, 3.63) is 65.4 Å². The quantitative estimate of drug-likeness (QED) is 0.774. The third-order valence-electron chi connectivity index (χ3n) is 5.16. The fourth-order valence-corrected chi connectivity index (χ4v) is 5.57. The molecular formula is C20H22N2O2S. The zero-order valence-corrected chi connectivity index (χ0v) is 15.3. The van der Waals surface area contributed by atoms with Crippen molar-refractivity contribution in [2.75, 3.05) is 13.1 Å². The number of sulfonamides is 1. The molecule has 2 aromatic carbocycles. The van der Waals surface area contributed by atoms with Crippen LogP contribution in [0.4, 0.5) is 0 Å². The third-order valence-corrected chi connectivity index (χ3v) is 7.19. The molecule has 130 valence electrons.